The van der Waals surface area contributed by atoms with Gasteiger partial charge in [-0.1, -0.05) is 37.3 Å². The molecule has 1 aromatic carbocycles. The fraction of sp³-hybridized carbons (Fsp3) is 0.333. The summed E-state index contributed by atoms with van der Waals surface area (Å²) in [6.07, 6.45) is 2.98. The van der Waals surface area contributed by atoms with Crippen LogP contribution in [0.5, 0.6) is 0 Å². The van der Waals surface area contributed by atoms with E-state index in [4.69, 9.17) is 4.74 Å². The molecule has 0 radical (unpaired) electrons. The normalized spacial score (nSPS) is 12.8. The third-order valence-corrected chi connectivity index (χ3v) is 8.09. The highest BCUT2D eigenvalue weighted by Crippen LogP contribution is 2.70. The number of aromatic nitrogens is 2. The molecule has 0 spiro atoms. The van der Waals surface area contributed by atoms with Gasteiger partial charge in [0.1, 0.15) is 6.61 Å². The first-order valence-electron chi connectivity index (χ1n) is 7.84. The smallest absolute Gasteiger partial charge is 0.357 e. The van der Waals surface area contributed by atoms with Crippen LogP contribution in [0.25, 0.3) is 0 Å². The second-order valence-electron chi connectivity index (χ2n) is 5.86. The Hall–Kier alpha value is -1.80. The van der Waals surface area contributed by atoms with Crippen molar-refractivity contribution >= 4 is 21.2 Å². The van der Waals surface area contributed by atoms with E-state index >= 15 is 0 Å². The van der Waals surface area contributed by atoms with E-state index < -0.39 is 39.2 Å². The van der Waals surface area contributed by atoms with E-state index in [0.717, 1.165) is 10.9 Å². The van der Waals surface area contributed by atoms with E-state index in [9.17, 15) is 33.5 Å². The van der Waals surface area contributed by atoms with Crippen molar-refractivity contribution in [3.63, 3.8) is 0 Å². The van der Waals surface area contributed by atoms with E-state index in [1.165, 1.54) is 6.20 Å². The summed E-state index contributed by atoms with van der Waals surface area (Å²) in [5.41, 5.74) is 1.02. The number of carbonyl (C=O) groups is 1. The van der Waals surface area contributed by atoms with E-state index in [1.54, 1.807) is 37.3 Å². The van der Waals surface area contributed by atoms with Crippen LogP contribution in [0, 0.1) is 0 Å². The molecule has 10 nitrogen and oxygen atoms in total. The van der Waals surface area contributed by atoms with Crippen molar-refractivity contribution in [2.45, 2.75) is 31.4 Å². The van der Waals surface area contributed by atoms with E-state index in [0.29, 0.717) is 17.7 Å². The number of imidazole rings is 1. The summed E-state index contributed by atoms with van der Waals surface area (Å²) in [6, 6.07) is 8.20. The van der Waals surface area contributed by atoms with Crippen LogP contribution in [-0.4, -0.2) is 40.0 Å². The molecule has 0 saturated carbocycles. The summed E-state index contributed by atoms with van der Waals surface area (Å²) in [7, 11) is -11.3. The molecule has 148 valence electrons. The predicted octanol–water partition coefficient (Wildman–Crippen LogP) is 1.24. The molecular weight excluding hydrogens is 398 g/mol. The largest absolute Gasteiger partial charge is 0.459 e. The number of esters is 1. The number of benzene rings is 1. The lowest BCUT2D eigenvalue weighted by Crippen LogP contribution is -2.43. The van der Waals surface area contributed by atoms with Gasteiger partial charge >= 0.3 is 21.2 Å². The van der Waals surface area contributed by atoms with Gasteiger partial charge in [0.15, 0.2) is 0 Å². The molecule has 0 fully saturated rings. The van der Waals surface area contributed by atoms with Gasteiger partial charge in [-0.2, -0.15) is 0 Å². The van der Waals surface area contributed by atoms with Crippen LogP contribution in [0.3, 0.4) is 0 Å². The molecule has 0 amide bonds. The summed E-state index contributed by atoms with van der Waals surface area (Å²) in [5.74, 6) is -1.68. The second-order valence-corrected chi connectivity index (χ2v) is 9.91. The molecule has 2 rings (SSSR count). The molecule has 0 bridgehead atoms. The van der Waals surface area contributed by atoms with Gasteiger partial charge in [0.05, 0.1) is 18.6 Å². The van der Waals surface area contributed by atoms with Gasteiger partial charge in [-0.15, -0.1) is 0 Å². The molecule has 4 N–H and O–H groups in total. The van der Waals surface area contributed by atoms with Gasteiger partial charge in [0.2, 0.25) is 0 Å². The Balaban J connectivity index is 2.42. The zero-order chi connectivity index (χ0) is 20.3. The molecule has 1 heterocycles. The Bertz CT molecular complexity index is 864. The summed E-state index contributed by atoms with van der Waals surface area (Å²) in [6.45, 7) is 0.397. The third kappa shape index (κ3) is 4.55. The minimum atomic E-state index is -5.66. The van der Waals surface area contributed by atoms with Crippen LogP contribution in [0.2, 0.25) is 0 Å². The molecular formula is C15H20N2O8P2. The molecule has 0 aliphatic carbocycles. The Kier molecular flexibility index (Phi) is 6.42. The Morgan fingerprint density at radius 2 is 1.74 bits per heavy atom. The zero-order valence-corrected chi connectivity index (χ0v) is 16.2. The third-order valence-electron chi connectivity index (χ3n) is 3.96. The van der Waals surface area contributed by atoms with Crippen LogP contribution >= 0.6 is 15.2 Å². The highest BCUT2D eigenvalue weighted by molar-refractivity contribution is 7.74. The molecule has 0 atom stereocenters. The maximum absolute atomic E-state index is 12.6. The Morgan fingerprint density at radius 3 is 2.22 bits per heavy atom. The molecule has 1 aromatic heterocycles. The number of rotatable bonds is 8. The Morgan fingerprint density at radius 1 is 1.15 bits per heavy atom. The van der Waals surface area contributed by atoms with Gasteiger partial charge in [0.25, 0.3) is 4.90 Å². The number of ether oxygens (including phenoxy) is 1. The van der Waals surface area contributed by atoms with Gasteiger partial charge < -0.3 is 28.9 Å². The van der Waals surface area contributed by atoms with Crippen LogP contribution in [0.1, 0.15) is 18.2 Å². The minimum absolute atomic E-state index is 0.397. The molecule has 12 heteroatoms. The average Bonchev–Trinajstić information content (AvgIpc) is 3.04. The monoisotopic (exact) mass is 418 g/mol. The lowest BCUT2D eigenvalue weighted by Gasteiger charge is -2.32. The van der Waals surface area contributed by atoms with Crippen LogP contribution in [0.15, 0.2) is 42.9 Å². The molecule has 0 aliphatic heterocycles. The number of aryl methyl sites for hydroxylation is 1. The first kappa shape index (κ1) is 21.5. The molecule has 27 heavy (non-hydrogen) atoms. The highest BCUT2D eigenvalue weighted by atomic mass is 31.2. The standard InChI is InChI=1S/C15H20N2O8P2/c1-2-13-8-17(11-16-13)10-15(26(19,20)21,27(22,23)24)14(18)25-9-12-6-4-3-5-7-12/h3-8,11H,2,9-10H2,1H3,(H2,19,20,21)(H2,22,23,24). The second kappa shape index (κ2) is 8.06. The Labute approximate surface area is 155 Å². The first-order chi connectivity index (χ1) is 12.5. The molecule has 0 saturated heterocycles. The van der Waals surface area contributed by atoms with Gasteiger partial charge in [0, 0.05) is 6.20 Å². The number of nitrogens with zero attached hydrogens (tertiary/aromatic N) is 2. The summed E-state index contributed by atoms with van der Waals surface area (Å²) < 4.78 is 30.2. The molecule has 0 aliphatic rings. The maximum atomic E-state index is 12.6. The van der Waals surface area contributed by atoms with E-state index in [1.807, 2.05) is 0 Å². The van der Waals surface area contributed by atoms with Crippen molar-refractivity contribution in [2.24, 2.45) is 0 Å². The lowest BCUT2D eigenvalue weighted by molar-refractivity contribution is -0.147. The molecule has 0 unspecified atom stereocenters. The molecule has 2 aromatic rings. The van der Waals surface area contributed by atoms with Crippen LogP contribution in [-0.2, 0) is 38.2 Å². The van der Waals surface area contributed by atoms with E-state index in [-0.39, 0.29) is 0 Å². The quantitative estimate of drug-likeness (QED) is 0.365. The zero-order valence-electron chi connectivity index (χ0n) is 14.4. The van der Waals surface area contributed by atoms with E-state index in [2.05, 4.69) is 4.98 Å². The number of hydrogen-bond acceptors (Lipinski definition) is 5. The summed E-state index contributed by atoms with van der Waals surface area (Å²) in [4.78, 5) is 52.1. The van der Waals surface area contributed by atoms with Crippen molar-refractivity contribution in [1.29, 1.82) is 0 Å². The van der Waals surface area contributed by atoms with Crippen molar-refractivity contribution in [1.82, 2.24) is 9.55 Å². The van der Waals surface area contributed by atoms with Crippen LogP contribution in [0.4, 0.5) is 0 Å². The van der Waals surface area contributed by atoms with Crippen molar-refractivity contribution in [2.75, 3.05) is 0 Å². The number of hydrogen-bond donors (Lipinski definition) is 4. The van der Waals surface area contributed by atoms with Crippen molar-refractivity contribution < 1.29 is 38.2 Å². The summed E-state index contributed by atoms with van der Waals surface area (Å²) in [5, 5.41) is 0. The van der Waals surface area contributed by atoms with Crippen molar-refractivity contribution in [3.8, 4) is 0 Å². The van der Waals surface area contributed by atoms with Gasteiger partial charge in [-0.25, -0.2) is 9.78 Å². The lowest BCUT2D eigenvalue weighted by atomic mass is 10.2. The SMILES string of the molecule is CCc1cn(CC(C(=O)OCc2ccccc2)(P(=O)(O)O)P(=O)(O)O)cn1. The fourth-order valence-electron chi connectivity index (χ4n) is 2.43. The minimum Gasteiger partial charge on any atom is -0.459 e. The van der Waals surface area contributed by atoms with Crippen molar-refractivity contribution in [3.05, 3.63) is 54.1 Å². The highest BCUT2D eigenvalue weighted by Gasteiger charge is 2.67. The fourth-order valence-corrected chi connectivity index (χ4v) is 5.08. The average molecular weight is 418 g/mol. The first-order valence-corrected chi connectivity index (χ1v) is 11.1. The topological polar surface area (TPSA) is 159 Å². The van der Waals surface area contributed by atoms with Gasteiger partial charge in [-0.05, 0) is 12.0 Å². The predicted molar refractivity (Wildman–Crippen MR) is 94.7 cm³/mol. The maximum Gasteiger partial charge on any atom is 0.357 e. The van der Waals surface area contributed by atoms with Crippen LogP contribution < -0.4 is 0 Å². The summed E-state index contributed by atoms with van der Waals surface area (Å²) >= 11 is 0. The van der Waals surface area contributed by atoms with Gasteiger partial charge in [-0.3, -0.25) is 9.13 Å². The number of carbonyl (C=O) groups excluding carboxylic acids is 1.